The van der Waals surface area contributed by atoms with E-state index in [1.165, 1.54) is 0 Å². The highest BCUT2D eigenvalue weighted by Gasteiger charge is 2.31. The predicted octanol–water partition coefficient (Wildman–Crippen LogP) is 9.42. The van der Waals surface area contributed by atoms with Gasteiger partial charge in [-0.25, -0.2) is 4.79 Å². The summed E-state index contributed by atoms with van der Waals surface area (Å²) in [6.45, 7) is 23.7. The molecule has 0 amide bonds. The highest BCUT2D eigenvalue weighted by molar-refractivity contribution is 5.91. The largest absolute Gasteiger partial charge is 0.508 e. The highest BCUT2D eigenvalue weighted by atomic mass is 16.4. The maximum Gasteiger partial charge on any atom is 0.339 e. The molecular formula is C38H52O5. The Bertz CT molecular complexity index is 1500. The van der Waals surface area contributed by atoms with Crippen molar-refractivity contribution in [3.8, 4) is 17.2 Å². The molecule has 0 aliphatic carbocycles. The molecule has 0 aromatic heterocycles. The Kier molecular flexibility index (Phi) is 9.42. The summed E-state index contributed by atoms with van der Waals surface area (Å²) in [6, 6.07) is 13.0. The van der Waals surface area contributed by atoms with Crippen LogP contribution in [0.5, 0.6) is 17.2 Å². The Morgan fingerprint density at radius 1 is 0.605 bits per heavy atom. The van der Waals surface area contributed by atoms with Gasteiger partial charge in [0.05, 0.1) is 0 Å². The first-order chi connectivity index (χ1) is 19.5. The SMILES string of the molecule is Cc1cc(Cc2cc(C(C)(C)CC(C)(C)C)ccc2O)c(O)c(Cc2cc(C(C)(C)CC(C)(C)C)cc(C(=O)O)c2O)c1. The third-order valence-corrected chi connectivity index (χ3v) is 8.18. The predicted molar refractivity (Wildman–Crippen MR) is 176 cm³/mol. The number of phenolic OH excluding ortho intramolecular Hbond substituents is 2. The van der Waals surface area contributed by atoms with Gasteiger partial charge in [0.15, 0.2) is 0 Å². The molecule has 0 saturated carbocycles. The molecule has 0 radical (unpaired) electrons. The minimum absolute atomic E-state index is 0.0134. The lowest BCUT2D eigenvalue weighted by atomic mass is 9.71. The zero-order chi connectivity index (χ0) is 32.7. The lowest BCUT2D eigenvalue weighted by Crippen LogP contribution is -2.25. The van der Waals surface area contributed by atoms with Crippen LogP contribution in [-0.4, -0.2) is 26.4 Å². The van der Waals surface area contributed by atoms with E-state index in [2.05, 4.69) is 69.2 Å². The molecule has 4 N–H and O–H groups in total. The lowest BCUT2D eigenvalue weighted by molar-refractivity contribution is 0.0693. The van der Waals surface area contributed by atoms with E-state index >= 15 is 0 Å². The summed E-state index contributed by atoms with van der Waals surface area (Å²) in [4.78, 5) is 12.1. The van der Waals surface area contributed by atoms with E-state index in [1.54, 1.807) is 12.1 Å². The zero-order valence-corrected chi connectivity index (χ0v) is 28.1. The Morgan fingerprint density at radius 3 is 1.53 bits per heavy atom. The van der Waals surface area contributed by atoms with Gasteiger partial charge in [0.2, 0.25) is 0 Å². The van der Waals surface area contributed by atoms with Crippen LogP contribution < -0.4 is 0 Å². The summed E-state index contributed by atoms with van der Waals surface area (Å²) in [6.07, 6.45) is 2.28. The van der Waals surface area contributed by atoms with Crippen molar-refractivity contribution < 1.29 is 25.2 Å². The van der Waals surface area contributed by atoms with Crippen LogP contribution in [-0.2, 0) is 23.7 Å². The fourth-order valence-electron chi connectivity index (χ4n) is 7.00. The summed E-state index contributed by atoms with van der Waals surface area (Å²) in [5.41, 5.74) is 4.90. The molecule has 3 aromatic carbocycles. The maximum atomic E-state index is 12.1. The van der Waals surface area contributed by atoms with Gasteiger partial charge in [-0.1, -0.05) is 105 Å². The molecule has 43 heavy (non-hydrogen) atoms. The first-order valence-electron chi connectivity index (χ1n) is 15.2. The van der Waals surface area contributed by atoms with Crippen LogP contribution in [0.1, 0.15) is 131 Å². The molecule has 0 bridgehead atoms. The normalized spacial score (nSPS) is 12.9. The molecule has 0 spiro atoms. The monoisotopic (exact) mass is 588 g/mol. The van der Waals surface area contributed by atoms with Crippen molar-refractivity contribution >= 4 is 5.97 Å². The average molecular weight is 589 g/mol. The third kappa shape index (κ3) is 8.55. The van der Waals surface area contributed by atoms with Crippen molar-refractivity contribution in [2.75, 3.05) is 0 Å². The van der Waals surface area contributed by atoms with E-state index in [0.29, 0.717) is 23.1 Å². The molecule has 5 heteroatoms. The minimum atomic E-state index is -1.19. The Morgan fingerprint density at radius 2 is 1.05 bits per heavy atom. The summed E-state index contributed by atoms with van der Waals surface area (Å²) < 4.78 is 0. The first-order valence-corrected chi connectivity index (χ1v) is 15.2. The van der Waals surface area contributed by atoms with Gasteiger partial charge < -0.3 is 20.4 Å². The summed E-state index contributed by atoms with van der Waals surface area (Å²) in [5.74, 6) is -1.21. The fourth-order valence-corrected chi connectivity index (χ4v) is 7.00. The fraction of sp³-hybridized carbons (Fsp3) is 0.500. The molecule has 0 aliphatic rings. The van der Waals surface area contributed by atoms with Crippen LogP contribution in [0, 0.1) is 17.8 Å². The molecule has 3 aromatic rings. The number of hydrogen-bond acceptors (Lipinski definition) is 4. The van der Waals surface area contributed by atoms with Crippen molar-refractivity contribution in [2.45, 2.75) is 113 Å². The smallest absolute Gasteiger partial charge is 0.339 e. The van der Waals surface area contributed by atoms with Gasteiger partial charge >= 0.3 is 5.97 Å². The molecule has 5 nitrogen and oxygen atoms in total. The van der Waals surface area contributed by atoms with E-state index < -0.39 is 5.97 Å². The topological polar surface area (TPSA) is 98.0 Å². The average Bonchev–Trinajstić information content (AvgIpc) is 2.81. The highest BCUT2D eigenvalue weighted by Crippen LogP contribution is 2.41. The van der Waals surface area contributed by atoms with Crippen molar-refractivity contribution in [1.29, 1.82) is 0 Å². The van der Waals surface area contributed by atoms with Crippen LogP contribution >= 0.6 is 0 Å². The standard InChI is InChI=1S/C38H52O5/c1-23-14-25(16-24-18-28(12-13-31(24)39)37(8,9)21-35(2,3)4)32(40)26(15-23)17-27-19-29(20-30(33(27)41)34(42)43)38(10,11)22-36(5,6)7/h12-15,18-20,39-41H,16-17,21-22H2,1-11H3,(H,42,43). The van der Waals surface area contributed by atoms with Gasteiger partial charge in [0.1, 0.15) is 22.8 Å². The van der Waals surface area contributed by atoms with Crippen LogP contribution in [0.4, 0.5) is 0 Å². The number of aryl methyl sites for hydroxylation is 1. The number of rotatable bonds is 9. The molecular weight excluding hydrogens is 536 g/mol. The van der Waals surface area contributed by atoms with E-state index in [0.717, 1.165) is 35.1 Å². The van der Waals surface area contributed by atoms with Crippen LogP contribution in [0.15, 0.2) is 42.5 Å². The lowest BCUT2D eigenvalue weighted by Gasteiger charge is -2.33. The van der Waals surface area contributed by atoms with E-state index in [9.17, 15) is 25.2 Å². The first kappa shape index (κ1) is 34.0. The number of aromatic carboxylic acids is 1. The molecule has 0 saturated heterocycles. The quantitative estimate of drug-likeness (QED) is 0.200. The van der Waals surface area contributed by atoms with Gasteiger partial charge in [-0.15, -0.1) is 0 Å². The Balaban J connectivity index is 2.06. The van der Waals surface area contributed by atoms with Gasteiger partial charge in [-0.3, -0.25) is 0 Å². The Hall–Kier alpha value is -3.47. The number of phenols is 3. The summed E-state index contributed by atoms with van der Waals surface area (Å²) >= 11 is 0. The van der Waals surface area contributed by atoms with Gasteiger partial charge in [-0.05, 0) is 86.9 Å². The number of carboxylic acids is 1. The third-order valence-electron chi connectivity index (χ3n) is 8.18. The van der Waals surface area contributed by atoms with Gasteiger partial charge in [0, 0.05) is 12.8 Å². The second-order valence-electron chi connectivity index (χ2n) is 16.2. The van der Waals surface area contributed by atoms with E-state index in [-0.39, 0.29) is 50.9 Å². The number of hydrogen-bond donors (Lipinski definition) is 4. The number of aromatic hydroxyl groups is 3. The van der Waals surface area contributed by atoms with Crippen molar-refractivity contribution in [1.82, 2.24) is 0 Å². The second-order valence-corrected chi connectivity index (χ2v) is 16.2. The van der Waals surface area contributed by atoms with Gasteiger partial charge in [0.25, 0.3) is 0 Å². The van der Waals surface area contributed by atoms with Crippen molar-refractivity contribution in [3.05, 3.63) is 87.0 Å². The zero-order valence-electron chi connectivity index (χ0n) is 28.1. The number of carboxylic acid groups (broad SMARTS) is 1. The minimum Gasteiger partial charge on any atom is -0.508 e. The Labute approximate surface area is 258 Å². The molecule has 0 heterocycles. The molecule has 0 atom stereocenters. The van der Waals surface area contributed by atoms with Crippen LogP contribution in [0.25, 0.3) is 0 Å². The molecule has 3 rings (SSSR count). The van der Waals surface area contributed by atoms with Gasteiger partial charge in [-0.2, -0.15) is 0 Å². The van der Waals surface area contributed by atoms with Crippen LogP contribution in [0.2, 0.25) is 0 Å². The molecule has 0 aliphatic heterocycles. The van der Waals surface area contributed by atoms with Crippen molar-refractivity contribution in [2.24, 2.45) is 10.8 Å². The molecule has 0 unspecified atom stereocenters. The molecule has 234 valence electrons. The summed E-state index contributed by atoms with van der Waals surface area (Å²) in [5, 5.41) is 43.2. The van der Waals surface area contributed by atoms with Crippen LogP contribution in [0.3, 0.4) is 0 Å². The van der Waals surface area contributed by atoms with E-state index in [4.69, 9.17) is 0 Å². The van der Waals surface area contributed by atoms with Crippen molar-refractivity contribution in [3.63, 3.8) is 0 Å². The number of carbonyl (C=O) groups is 1. The maximum absolute atomic E-state index is 12.1. The molecule has 0 fully saturated rings. The summed E-state index contributed by atoms with van der Waals surface area (Å²) in [7, 11) is 0. The van der Waals surface area contributed by atoms with E-state index in [1.807, 2.05) is 37.3 Å². The number of benzene rings is 3. The second kappa shape index (κ2) is 11.9.